The van der Waals surface area contributed by atoms with Crippen LogP contribution in [0.5, 0.6) is 0 Å². The van der Waals surface area contributed by atoms with Crippen molar-refractivity contribution in [1.29, 1.82) is 0 Å². The molecular formula is C54H56F5N9O3S2. The minimum atomic E-state index is -4.95. The third-order valence-corrected chi connectivity index (χ3v) is 14.1. The monoisotopic (exact) mass is 1040 g/mol. The summed E-state index contributed by atoms with van der Waals surface area (Å²) in [4.78, 5) is 53.5. The molecule has 73 heavy (non-hydrogen) atoms. The van der Waals surface area contributed by atoms with Crippen LogP contribution in [0, 0.1) is 49.1 Å². The number of benzene rings is 4. The molecule has 19 heteroatoms. The smallest absolute Gasteiger partial charge is 0.359 e. The summed E-state index contributed by atoms with van der Waals surface area (Å²) in [6.07, 6.45) is 3.33. The van der Waals surface area contributed by atoms with Crippen molar-refractivity contribution in [3.05, 3.63) is 141 Å². The van der Waals surface area contributed by atoms with Gasteiger partial charge in [-0.25, -0.2) is 25.0 Å². The normalized spacial score (nSPS) is 15.3. The number of nitrogens with one attached hydrogen (secondary N) is 3. The van der Waals surface area contributed by atoms with E-state index in [1.165, 1.54) is 29.5 Å². The lowest BCUT2D eigenvalue weighted by Gasteiger charge is -2.43. The van der Waals surface area contributed by atoms with Gasteiger partial charge in [-0.15, -0.1) is 0 Å². The Morgan fingerprint density at radius 3 is 1.70 bits per heavy atom. The van der Waals surface area contributed by atoms with Crippen molar-refractivity contribution in [1.82, 2.24) is 10.6 Å². The fourth-order valence-corrected chi connectivity index (χ4v) is 9.19. The summed E-state index contributed by atoms with van der Waals surface area (Å²) in [6.45, 7) is 30.4. The highest BCUT2D eigenvalue weighted by Gasteiger charge is 2.60. The zero-order chi connectivity index (χ0) is 54.1. The number of nitrogens with zero attached hydrogens (tertiary/aromatic N) is 6. The maximum absolute atomic E-state index is 15.2. The Balaban J connectivity index is 0.000000222. The highest BCUT2D eigenvalue weighted by Crippen LogP contribution is 2.49. The molecule has 1 saturated heterocycles. The van der Waals surface area contributed by atoms with Gasteiger partial charge < -0.3 is 20.9 Å². The van der Waals surface area contributed by atoms with Crippen LogP contribution < -0.4 is 25.8 Å². The lowest BCUT2D eigenvalue weighted by Crippen LogP contribution is -2.55. The van der Waals surface area contributed by atoms with Gasteiger partial charge in [0.2, 0.25) is 17.5 Å². The molecule has 2 saturated carbocycles. The molecule has 1 aliphatic heterocycles. The molecule has 382 valence electrons. The lowest BCUT2D eigenvalue weighted by atomic mass is 9.75. The molecule has 0 unspecified atom stereocenters. The molecule has 3 N–H and O–H groups in total. The van der Waals surface area contributed by atoms with Crippen molar-refractivity contribution in [3.63, 3.8) is 0 Å². The predicted octanol–water partition coefficient (Wildman–Crippen LogP) is 13.2. The minimum absolute atomic E-state index is 0.00830. The number of thiocarbonyl (C=S) groups is 2. The van der Waals surface area contributed by atoms with Crippen LogP contribution in [0.2, 0.25) is 0 Å². The van der Waals surface area contributed by atoms with Crippen molar-refractivity contribution in [3.8, 4) is 0 Å². The van der Waals surface area contributed by atoms with Gasteiger partial charge in [0.15, 0.2) is 16.6 Å². The van der Waals surface area contributed by atoms with E-state index in [0.717, 1.165) is 74.0 Å². The number of hydrogen-bond acceptors (Lipinski definition) is 7. The molecule has 1 spiro atoms. The Kier molecular flexibility index (Phi) is 18.0. The Hall–Kier alpha value is -7.10. The fourth-order valence-electron chi connectivity index (χ4n) is 8.63. The number of rotatable bonds is 13. The summed E-state index contributed by atoms with van der Waals surface area (Å²) < 4.78 is 65.9. The third kappa shape index (κ3) is 12.4. The maximum atomic E-state index is 15.2. The zero-order valence-corrected chi connectivity index (χ0v) is 43.2. The molecule has 3 fully saturated rings. The second-order valence-corrected chi connectivity index (χ2v) is 19.9. The van der Waals surface area contributed by atoms with Gasteiger partial charge in [0.25, 0.3) is 5.91 Å². The van der Waals surface area contributed by atoms with Crippen LogP contribution in [-0.4, -0.2) is 53.3 Å². The van der Waals surface area contributed by atoms with Crippen molar-refractivity contribution in [2.45, 2.75) is 116 Å². The molecular weight excluding hydrogens is 982 g/mol. The number of anilines is 3. The van der Waals surface area contributed by atoms with Crippen molar-refractivity contribution < 1.29 is 36.3 Å². The zero-order valence-electron chi connectivity index (χ0n) is 41.6. The van der Waals surface area contributed by atoms with Crippen LogP contribution in [0.1, 0.15) is 101 Å². The van der Waals surface area contributed by atoms with Gasteiger partial charge in [0, 0.05) is 49.1 Å². The Morgan fingerprint density at radius 2 is 1.27 bits per heavy atom. The van der Waals surface area contributed by atoms with E-state index >= 15 is 4.39 Å². The highest BCUT2D eigenvalue weighted by molar-refractivity contribution is 7.81. The molecule has 3 amide bonds. The van der Waals surface area contributed by atoms with E-state index in [1.54, 1.807) is 19.3 Å². The molecule has 0 atom stereocenters. The molecule has 7 rings (SSSR count). The standard InChI is InChI=1S/C27H29FN4O2S.C18H25N3O.C9H2F4N2S/c1-17-20(29-4)11-12-21(22(17)28)31-24(34)27(14-6-15-27)32(25(31)35)19-9-7-18(8-10-19)13-16-26(2,3)23(33)30-5;1-17(2,16(22)19-3)13-10-14-6-8-15(9-7-14)21-18(20-4)11-5-12-18;1-14-5-2-3-6(15-4-16)8(10)7(5)9(11,12)13/h7-12H,6,13-16H2,1-3,5H3,(H,30,33);6-9,21H,5,10-13H2,1-3H3,(H,19,22);2-3H. The summed E-state index contributed by atoms with van der Waals surface area (Å²) in [5.74, 6) is -2.35. The van der Waals surface area contributed by atoms with Crippen LogP contribution in [0.4, 0.5) is 56.1 Å². The second kappa shape index (κ2) is 23.2. The summed E-state index contributed by atoms with van der Waals surface area (Å²) in [5, 5.41) is 10.8. The summed E-state index contributed by atoms with van der Waals surface area (Å²) in [6, 6.07) is 20.9. The van der Waals surface area contributed by atoms with Gasteiger partial charge in [-0.3, -0.25) is 24.1 Å². The molecule has 0 bridgehead atoms. The molecule has 0 aromatic heterocycles. The number of carbonyl (C=O) groups is 3. The first-order chi connectivity index (χ1) is 34.4. The summed E-state index contributed by atoms with van der Waals surface area (Å²) in [7, 11) is 3.32. The molecule has 0 radical (unpaired) electrons. The first kappa shape index (κ1) is 56.8. The number of alkyl halides is 3. The van der Waals surface area contributed by atoms with Gasteiger partial charge in [-0.05, 0) is 136 Å². The first-order valence-corrected chi connectivity index (χ1v) is 24.2. The minimum Gasteiger partial charge on any atom is -0.359 e. The Morgan fingerprint density at radius 1 is 0.767 bits per heavy atom. The largest absolute Gasteiger partial charge is 0.410 e. The lowest BCUT2D eigenvalue weighted by molar-refractivity contribution is -0.139. The quantitative estimate of drug-likeness (QED) is 0.0528. The maximum Gasteiger partial charge on any atom is 0.410 e. The number of hydrogen-bond donors (Lipinski definition) is 3. The van der Waals surface area contributed by atoms with Crippen LogP contribution >= 0.6 is 24.4 Å². The van der Waals surface area contributed by atoms with Gasteiger partial charge in [0.1, 0.15) is 17.0 Å². The number of amides is 3. The number of halogens is 5. The highest BCUT2D eigenvalue weighted by atomic mass is 32.1. The number of isothiocyanates is 1. The van der Waals surface area contributed by atoms with Crippen LogP contribution in [-0.2, 0) is 33.4 Å². The first-order valence-electron chi connectivity index (χ1n) is 23.4. The van der Waals surface area contributed by atoms with Crippen LogP contribution in [0.25, 0.3) is 14.5 Å². The predicted molar refractivity (Wildman–Crippen MR) is 281 cm³/mol. The van der Waals surface area contributed by atoms with E-state index in [9.17, 15) is 31.9 Å². The average Bonchev–Trinajstić information content (AvgIpc) is 3.58. The van der Waals surface area contributed by atoms with Gasteiger partial charge >= 0.3 is 11.8 Å². The number of carbonyl (C=O) groups excluding carboxylic acids is 3. The van der Waals surface area contributed by atoms with E-state index in [0.29, 0.717) is 19.3 Å². The number of aryl methyl sites for hydroxylation is 2. The Bertz CT molecular complexity index is 2930. The topological polar surface area (TPSA) is 119 Å². The van der Waals surface area contributed by atoms with Crippen LogP contribution in [0.15, 0.2) is 77.8 Å². The van der Waals surface area contributed by atoms with E-state index in [1.807, 2.05) is 69.0 Å². The second-order valence-electron chi connectivity index (χ2n) is 19.3. The van der Waals surface area contributed by atoms with E-state index < -0.39 is 45.7 Å². The summed E-state index contributed by atoms with van der Waals surface area (Å²) in [5.41, 5.74) is -0.438. The Labute approximate surface area is 433 Å². The van der Waals surface area contributed by atoms with E-state index in [2.05, 4.69) is 59.8 Å². The van der Waals surface area contributed by atoms with Crippen molar-refractivity contribution in [2.75, 3.05) is 29.2 Å². The molecule has 3 aliphatic rings. The van der Waals surface area contributed by atoms with Gasteiger partial charge in [0.05, 0.1) is 29.6 Å². The SMILES string of the molecule is [C-]#[N+]C1(Nc2ccc(CCC(C)(C)C(=O)NC)cc2)CCC1.[C-]#[N+]c1ccc(N2C(=O)C3(CCC3)N(c3ccc(CCC(C)(C)C(=O)NC)cc3)C2=S)c(F)c1C.[C-]#[N+]c1ccc(N=C=S)c(F)c1C(F)(F)F. The van der Waals surface area contributed by atoms with Crippen molar-refractivity contribution in [2.24, 2.45) is 15.8 Å². The average molecular weight is 1040 g/mol. The van der Waals surface area contributed by atoms with Gasteiger partial charge in [-0.1, -0.05) is 64.1 Å². The third-order valence-electron chi connectivity index (χ3n) is 13.6. The molecule has 4 aromatic rings. The van der Waals surface area contributed by atoms with E-state index in [4.69, 9.17) is 31.9 Å². The van der Waals surface area contributed by atoms with Crippen LogP contribution in [0.3, 0.4) is 0 Å². The van der Waals surface area contributed by atoms with Crippen molar-refractivity contribution >= 4 is 86.6 Å². The van der Waals surface area contributed by atoms with Gasteiger partial charge in [-0.2, -0.15) is 18.2 Å². The molecule has 1 heterocycles. The van der Waals surface area contributed by atoms with E-state index in [-0.39, 0.29) is 50.9 Å². The summed E-state index contributed by atoms with van der Waals surface area (Å²) >= 11 is 9.92. The fraction of sp³-hybridized carbons (Fsp3) is 0.407. The molecule has 4 aromatic carbocycles. The molecule has 2 aliphatic carbocycles. The number of aliphatic imine (C=N–C) groups is 1. The molecule has 12 nitrogen and oxygen atoms in total.